The topological polar surface area (TPSA) is 73.6 Å². The Labute approximate surface area is 139 Å². The highest BCUT2D eigenvalue weighted by molar-refractivity contribution is 5.85. The third-order valence-corrected chi connectivity index (χ3v) is 2.95. The molecule has 0 saturated heterocycles. The van der Waals surface area contributed by atoms with E-state index in [2.05, 4.69) is 5.32 Å². The van der Waals surface area contributed by atoms with Crippen LogP contribution in [0.1, 0.15) is 45.7 Å². The average Bonchev–Trinajstić information content (AvgIpc) is 2.40. The predicted molar refractivity (Wildman–Crippen MR) is 90.9 cm³/mol. The van der Waals surface area contributed by atoms with Crippen LogP contribution in [-0.2, 0) is 4.79 Å². The van der Waals surface area contributed by atoms with Crippen LogP contribution in [-0.4, -0.2) is 25.2 Å². The van der Waals surface area contributed by atoms with E-state index in [4.69, 9.17) is 15.2 Å². The molecule has 0 saturated carbocycles. The number of halogens is 1. The van der Waals surface area contributed by atoms with Crippen molar-refractivity contribution in [1.29, 1.82) is 0 Å². The molecule has 22 heavy (non-hydrogen) atoms. The molecule has 0 aromatic heterocycles. The standard InChI is InChI=1S/C16H26N2O3.ClH/c1-5-20-14-8-7-13(10-15(14)21-6-2)12(4)18-16(19)9-11(3)17;/h7-8,10-12H,5-6,9,17H2,1-4H3,(H,18,19);1H. The van der Waals surface area contributed by atoms with Crippen molar-refractivity contribution >= 4 is 18.3 Å². The van der Waals surface area contributed by atoms with E-state index in [0.29, 0.717) is 25.4 Å². The molecule has 0 radical (unpaired) electrons. The Morgan fingerprint density at radius 1 is 1.18 bits per heavy atom. The fraction of sp³-hybridized carbons (Fsp3) is 0.562. The number of carbonyl (C=O) groups is 1. The molecule has 126 valence electrons. The molecule has 0 spiro atoms. The third kappa shape index (κ3) is 6.54. The van der Waals surface area contributed by atoms with Gasteiger partial charge in [0, 0.05) is 12.5 Å². The molecule has 2 unspecified atom stereocenters. The second kappa shape index (κ2) is 10.3. The molecule has 1 aromatic rings. The van der Waals surface area contributed by atoms with Crippen LogP contribution in [0.25, 0.3) is 0 Å². The smallest absolute Gasteiger partial charge is 0.222 e. The van der Waals surface area contributed by atoms with E-state index in [0.717, 1.165) is 11.3 Å². The first-order valence-corrected chi connectivity index (χ1v) is 7.42. The van der Waals surface area contributed by atoms with E-state index in [1.54, 1.807) is 0 Å². The first kappa shape index (κ1) is 20.5. The van der Waals surface area contributed by atoms with Crippen LogP contribution in [0.3, 0.4) is 0 Å². The van der Waals surface area contributed by atoms with Crippen molar-refractivity contribution in [3.05, 3.63) is 23.8 Å². The van der Waals surface area contributed by atoms with Crippen LogP contribution in [0.4, 0.5) is 0 Å². The number of hydrogen-bond donors (Lipinski definition) is 2. The van der Waals surface area contributed by atoms with Crippen LogP contribution < -0.4 is 20.5 Å². The molecule has 0 aliphatic carbocycles. The number of benzene rings is 1. The summed E-state index contributed by atoms with van der Waals surface area (Å²) in [5, 5.41) is 2.93. The van der Waals surface area contributed by atoms with Gasteiger partial charge >= 0.3 is 0 Å². The van der Waals surface area contributed by atoms with E-state index in [1.165, 1.54) is 0 Å². The summed E-state index contributed by atoms with van der Waals surface area (Å²) in [4.78, 5) is 11.8. The molecular weight excluding hydrogens is 304 g/mol. The number of nitrogens with one attached hydrogen (secondary N) is 1. The van der Waals surface area contributed by atoms with Crippen molar-refractivity contribution in [1.82, 2.24) is 5.32 Å². The lowest BCUT2D eigenvalue weighted by Crippen LogP contribution is -2.31. The summed E-state index contributed by atoms with van der Waals surface area (Å²) in [6.45, 7) is 8.75. The predicted octanol–water partition coefficient (Wildman–Crippen LogP) is 2.82. The summed E-state index contributed by atoms with van der Waals surface area (Å²) in [5.41, 5.74) is 6.60. The van der Waals surface area contributed by atoms with Gasteiger partial charge < -0.3 is 20.5 Å². The highest BCUT2D eigenvalue weighted by Gasteiger charge is 2.14. The summed E-state index contributed by atoms with van der Waals surface area (Å²) in [6.07, 6.45) is 0.319. The average molecular weight is 331 g/mol. The number of carbonyl (C=O) groups excluding carboxylic acids is 1. The largest absolute Gasteiger partial charge is 0.490 e. The third-order valence-electron chi connectivity index (χ3n) is 2.95. The second-order valence-corrected chi connectivity index (χ2v) is 5.04. The van der Waals surface area contributed by atoms with Gasteiger partial charge in [0.15, 0.2) is 11.5 Å². The van der Waals surface area contributed by atoms with Crippen molar-refractivity contribution in [2.45, 2.75) is 46.2 Å². The maximum absolute atomic E-state index is 11.8. The van der Waals surface area contributed by atoms with Crippen molar-refractivity contribution in [3.8, 4) is 11.5 Å². The fourth-order valence-electron chi connectivity index (χ4n) is 2.01. The summed E-state index contributed by atoms with van der Waals surface area (Å²) in [7, 11) is 0. The summed E-state index contributed by atoms with van der Waals surface area (Å²) >= 11 is 0. The van der Waals surface area contributed by atoms with Crippen molar-refractivity contribution in [3.63, 3.8) is 0 Å². The van der Waals surface area contributed by atoms with E-state index in [1.807, 2.05) is 45.9 Å². The Bertz CT molecular complexity index is 467. The molecule has 2 atom stereocenters. The van der Waals surface area contributed by atoms with Crippen molar-refractivity contribution < 1.29 is 14.3 Å². The van der Waals surface area contributed by atoms with E-state index >= 15 is 0 Å². The first-order chi connectivity index (χ1) is 9.97. The van der Waals surface area contributed by atoms with Crippen molar-refractivity contribution in [2.24, 2.45) is 5.73 Å². The molecule has 0 aliphatic rings. The molecule has 0 heterocycles. The minimum absolute atomic E-state index is 0. The van der Waals surface area contributed by atoms with Crippen LogP contribution in [0.2, 0.25) is 0 Å². The van der Waals surface area contributed by atoms with Crippen LogP contribution in [0, 0.1) is 0 Å². The highest BCUT2D eigenvalue weighted by atomic mass is 35.5. The number of ether oxygens (including phenoxy) is 2. The van der Waals surface area contributed by atoms with E-state index < -0.39 is 0 Å². The number of amides is 1. The second-order valence-electron chi connectivity index (χ2n) is 5.04. The number of nitrogens with two attached hydrogens (primary N) is 1. The lowest BCUT2D eigenvalue weighted by Gasteiger charge is -2.18. The van der Waals surface area contributed by atoms with Gasteiger partial charge in [0.25, 0.3) is 0 Å². The molecule has 5 nitrogen and oxygen atoms in total. The quantitative estimate of drug-likeness (QED) is 0.768. The number of rotatable bonds is 8. The zero-order valence-electron chi connectivity index (χ0n) is 13.7. The van der Waals surface area contributed by atoms with Gasteiger partial charge in [-0.05, 0) is 45.4 Å². The monoisotopic (exact) mass is 330 g/mol. The minimum Gasteiger partial charge on any atom is -0.490 e. The van der Waals surface area contributed by atoms with Crippen molar-refractivity contribution in [2.75, 3.05) is 13.2 Å². The molecule has 0 bridgehead atoms. The normalized spacial score (nSPS) is 12.8. The van der Waals surface area contributed by atoms with E-state index in [9.17, 15) is 4.79 Å². The minimum atomic E-state index is -0.142. The van der Waals surface area contributed by atoms with Gasteiger partial charge in [0.1, 0.15) is 0 Å². The van der Waals surface area contributed by atoms with E-state index in [-0.39, 0.29) is 30.4 Å². The molecule has 1 amide bonds. The zero-order valence-corrected chi connectivity index (χ0v) is 14.5. The van der Waals surface area contributed by atoms with Crippen LogP contribution >= 0.6 is 12.4 Å². The molecule has 1 rings (SSSR count). The van der Waals surface area contributed by atoms with Gasteiger partial charge in [-0.3, -0.25) is 4.79 Å². The first-order valence-electron chi connectivity index (χ1n) is 7.42. The Balaban J connectivity index is 0.00000441. The van der Waals surface area contributed by atoms with Gasteiger partial charge in [-0.25, -0.2) is 0 Å². The zero-order chi connectivity index (χ0) is 15.8. The van der Waals surface area contributed by atoms with Gasteiger partial charge in [0.2, 0.25) is 5.91 Å². The molecule has 0 aliphatic heterocycles. The Morgan fingerprint density at radius 2 is 1.77 bits per heavy atom. The SMILES string of the molecule is CCOc1ccc(C(C)NC(=O)CC(C)N)cc1OCC.Cl. The van der Waals surface area contributed by atoms with Crippen LogP contribution in [0.15, 0.2) is 18.2 Å². The van der Waals surface area contributed by atoms with Gasteiger partial charge in [0.05, 0.1) is 19.3 Å². The van der Waals surface area contributed by atoms with Gasteiger partial charge in [-0.15, -0.1) is 12.4 Å². The fourth-order valence-corrected chi connectivity index (χ4v) is 2.01. The molecule has 1 aromatic carbocycles. The Morgan fingerprint density at radius 3 is 2.32 bits per heavy atom. The molecule has 3 N–H and O–H groups in total. The highest BCUT2D eigenvalue weighted by Crippen LogP contribution is 2.30. The Kier molecular flexibility index (Phi) is 9.61. The maximum atomic E-state index is 11.8. The lowest BCUT2D eigenvalue weighted by atomic mass is 10.1. The van der Waals surface area contributed by atoms with Gasteiger partial charge in [-0.1, -0.05) is 6.07 Å². The lowest BCUT2D eigenvalue weighted by molar-refractivity contribution is -0.122. The number of hydrogen-bond acceptors (Lipinski definition) is 4. The summed E-state index contributed by atoms with van der Waals surface area (Å²) in [5.74, 6) is 1.37. The van der Waals surface area contributed by atoms with Gasteiger partial charge in [-0.2, -0.15) is 0 Å². The molecule has 0 fully saturated rings. The van der Waals surface area contributed by atoms with Crippen LogP contribution in [0.5, 0.6) is 11.5 Å². The molecular formula is C16H27ClN2O3. The summed E-state index contributed by atoms with van der Waals surface area (Å²) in [6, 6.07) is 5.47. The summed E-state index contributed by atoms with van der Waals surface area (Å²) < 4.78 is 11.1. The Hall–Kier alpha value is -1.46. The molecule has 6 heteroatoms. The maximum Gasteiger partial charge on any atom is 0.222 e.